The summed E-state index contributed by atoms with van der Waals surface area (Å²) in [5.74, 6) is 0. The average Bonchev–Trinajstić information content (AvgIpc) is 2.09. The lowest BCUT2D eigenvalue weighted by Crippen LogP contribution is -1.92. The molecule has 1 aromatic carbocycles. The molecule has 1 rings (SSSR count). The topological polar surface area (TPSA) is 20.2 Å². The Balaban J connectivity index is 3.14. The first-order valence-corrected chi connectivity index (χ1v) is 3.50. The van der Waals surface area contributed by atoms with E-state index in [9.17, 15) is 5.11 Å². The molecule has 1 N–H and O–H groups in total. The Bertz CT molecular complexity index is 334. The molecule has 0 fully saturated rings. The highest BCUT2D eigenvalue weighted by molar-refractivity contribution is 5.30. The van der Waals surface area contributed by atoms with Crippen molar-refractivity contribution in [3.05, 3.63) is 34.9 Å². The van der Waals surface area contributed by atoms with E-state index in [1.165, 1.54) is 0 Å². The molecule has 0 aliphatic carbocycles. The highest BCUT2D eigenvalue weighted by Gasteiger charge is 2.00. The van der Waals surface area contributed by atoms with Crippen LogP contribution in [0.4, 0.5) is 0 Å². The third-order valence-corrected chi connectivity index (χ3v) is 1.80. The molecule has 1 heteroatoms. The van der Waals surface area contributed by atoms with Gasteiger partial charge in [-0.15, -0.1) is 0 Å². The van der Waals surface area contributed by atoms with Gasteiger partial charge in [-0.2, -0.15) is 0 Å². The molecule has 0 heterocycles. The van der Waals surface area contributed by atoms with Gasteiger partial charge in [0, 0.05) is 2.74 Å². The average molecular weight is 153 g/mol. The lowest BCUT2D eigenvalue weighted by molar-refractivity contribution is 0.199. The van der Waals surface area contributed by atoms with E-state index >= 15 is 0 Å². The van der Waals surface area contributed by atoms with E-state index in [2.05, 4.69) is 0 Å². The summed E-state index contributed by atoms with van der Waals surface area (Å²) >= 11 is 0. The third-order valence-electron chi connectivity index (χ3n) is 1.80. The maximum atomic E-state index is 9.57. The molecule has 1 unspecified atom stereocenters. The number of aryl methyl sites for hydroxylation is 2. The largest absolute Gasteiger partial charge is 0.389 e. The highest BCUT2D eigenvalue weighted by atomic mass is 16.3. The van der Waals surface area contributed by atoms with E-state index in [4.69, 9.17) is 4.11 Å². The summed E-state index contributed by atoms with van der Waals surface area (Å²) in [6, 6.07) is 5.02. The van der Waals surface area contributed by atoms with Crippen LogP contribution in [-0.2, 0) is 0 Å². The van der Waals surface area contributed by atoms with Crippen molar-refractivity contribution in [2.24, 2.45) is 0 Å². The maximum Gasteiger partial charge on any atom is 0.0762 e. The molecule has 0 spiro atoms. The summed E-state index contributed by atoms with van der Waals surface area (Å²) in [4.78, 5) is 0. The predicted molar refractivity (Wildman–Crippen MR) is 46.5 cm³/mol. The number of hydrogen-bond donors (Lipinski definition) is 1. The Morgan fingerprint density at radius 1 is 1.45 bits per heavy atom. The van der Waals surface area contributed by atoms with Crippen LogP contribution >= 0.6 is 0 Å². The molecule has 0 aliphatic heterocycles. The van der Waals surface area contributed by atoms with Crippen LogP contribution in [-0.4, -0.2) is 5.11 Å². The molecule has 11 heavy (non-hydrogen) atoms. The van der Waals surface area contributed by atoms with Crippen LogP contribution in [0.2, 0.25) is 0 Å². The van der Waals surface area contributed by atoms with E-state index in [1.807, 2.05) is 13.8 Å². The van der Waals surface area contributed by atoms with Gasteiger partial charge in [-0.1, -0.05) is 18.2 Å². The fraction of sp³-hybridized carbons (Fsp3) is 0.400. The fourth-order valence-corrected chi connectivity index (χ4v) is 0.901. The summed E-state index contributed by atoms with van der Waals surface area (Å²) in [7, 11) is 0. The standard InChI is InChI=1S/C10H14O/c1-7-4-5-10(9(3)11)6-8(7)2/h4-6,9,11H,1-3H3/i3D2,9D. The molecule has 0 saturated heterocycles. The zero-order valence-electron chi connectivity index (χ0n) is 9.76. The highest BCUT2D eigenvalue weighted by Crippen LogP contribution is 2.15. The Morgan fingerprint density at radius 3 is 2.73 bits per heavy atom. The summed E-state index contributed by atoms with van der Waals surface area (Å²) in [6.07, 6.45) is -2.14. The Labute approximate surface area is 71.9 Å². The minimum absolute atomic E-state index is 0.301. The van der Waals surface area contributed by atoms with Crippen LogP contribution in [0.1, 0.15) is 33.8 Å². The van der Waals surface area contributed by atoms with Crippen molar-refractivity contribution in [2.45, 2.75) is 26.8 Å². The molecule has 0 aliphatic rings. The summed E-state index contributed by atoms with van der Waals surface area (Å²) in [6.45, 7) is 2.20. The Morgan fingerprint density at radius 2 is 2.18 bits per heavy atom. The molecule has 0 amide bonds. The first-order chi connectivity index (χ1) is 6.35. The Kier molecular flexibility index (Phi) is 1.37. The first kappa shape index (κ1) is 4.94. The van der Waals surface area contributed by atoms with Crippen molar-refractivity contribution < 1.29 is 9.22 Å². The van der Waals surface area contributed by atoms with Gasteiger partial charge in [0.1, 0.15) is 0 Å². The molecular weight excluding hydrogens is 136 g/mol. The molecular formula is C10H14O. The number of hydrogen-bond acceptors (Lipinski definition) is 1. The van der Waals surface area contributed by atoms with Crippen molar-refractivity contribution in [1.82, 2.24) is 0 Å². The third kappa shape index (κ3) is 1.81. The molecule has 60 valence electrons. The van der Waals surface area contributed by atoms with Gasteiger partial charge >= 0.3 is 0 Å². The van der Waals surface area contributed by atoms with Crippen LogP contribution in [0, 0.1) is 13.8 Å². The van der Waals surface area contributed by atoms with Gasteiger partial charge in [0.15, 0.2) is 0 Å². The number of aliphatic hydroxyl groups is 1. The monoisotopic (exact) mass is 153 g/mol. The normalized spacial score (nSPS) is 20.2. The fourth-order valence-electron chi connectivity index (χ4n) is 0.901. The molecule has 1 nitrogen and oxygen atoms in total. The number of benzene rings is 1. The summed E-state index contributed by atoms with van der Waals surface area (Å²) in [5.41, 5.74) is 2.32. The van der Waals surface area contributed by atoms with Crippen molar-refractivity contribution in [2.75, 3.05) is 0 Å². The maximum absolute atomic E-state index is 9.57. The quantitative estimate of drug-likeness (QED) is 0.656. The SMILES string of the molecule is [2H]C([2H])C([2H])(O)c1ccc(C)c(C)c1. The van der Waals surface area contributed by atoms with Gasteiger partial charge in [-0.05, 0) is 37.4 Å². The van der Waals surface area contributed by atoms with Gasteiger partial charge in [-0.25, -0.2) is 0 Å². The second-order valence-corrected chi connectivity index (χ2v) is 2.68. The second-order valence-electron chi connectivity index (χ2n) is 2.68. The van der Waals surface area contributed by atoms with Crippen molar-refractivity contribution in [3.8, 4) is 0 Å². The smallest absolute Gasteiger partial charge is 0.0762 e. The lowest BCUT2D eigenvalue weighted by Gasteiger charge is -2.06. The molecule has 0 radical (unpaired) electrons. The molecule has 0 aromatic heterocycles. The van der Waals surface area contributed by atoms with Gasteiger partial charge in [-0.3, -0.25) is 0 Å². The summed E-state index contributed by atoms with van der Waals surface area (Å²) in [5, 5.41) is 9.57. The van der Waals surface area contributed by atoms with Crippen LogP contribution in [0.15, 0.2) is 18.2 Å². The zero-order valence-corrected chi connectivity index (χ0v) is 6.76. The first-order valence-electron chi connectivity index (χ1n) is 5.16. The molecule has 1 atom stereocenters. The van der Waals surface area contributed by atoms with E-state index in [0.29, 0.717) is 5.56 Å². The minimum atomic E-state index is -2.14. The van der Waals surface area contributed by atoms with Crippen LogP contribution in [0.5, 0.6) is 0 Å². The predicted octanol–water partition coefficient (Wildman–Crippen LogP) is 2.36. The van der Waals surface area contributed by atoms with Crippen LogP contribution in [0.3, 0.4) is 0 Å². The van der Waals surface area contributed by atoms with Gasteiger partial charge in [0.2, 0.25) is 0 Å². The lowest BCUT2D eigenvalue weighted by atomic mass is 10.0. The Hall–Kier alpha value is -0.820. The van der Waals surface area contributed by atoms with Gasteiger partial charge < -0.3 is 5.11 Å². The van der Waals surface area contributed by atoms with Gasteiger partial charge in [0.05, 0.1) is 7.45 Å². The zero-order chi connectivity index (χ0) is 10.9. The van der Waals surface area contributed by atoms with Crippen molar-refractivity contribution in [3.63, 3.8) is 0 Å². The summed E-state index contributed by atoms with van der Waals surface area (Å²) < 4.78 is 21.6. The van der Waals surface area contributed by atoms with E-state index < -0.39 is 13.0 Å². The van der Waals surface area contributed by atoms with E-state index in [0.717, 1.165) is 11.1 Å². The minimum Gasteiger partial charge on any atom is -0.389 e. The van der Waals surface area contributed by atoms with Gasteiger partial charge in [0.25, 0.3) is 0 Å². The van der Waals surface area contributed by atoms with Crippen molar-refractivity contribution in [1.29, 1.82) is 0 Å². The van der Waals surface area contributed by atoms with E-state index in [-0.39, 0.29) is 0 Å². The second kappa shape index (κ2) is 3.05. The van der Waals surface area contributed by atoms with Crippen LogP contribution in [0.25, 0.3) is 0 Å². The van der Waals surface area contributed by atoms with E-state index in [1.54, 1.807) is 18.2 Å². The molecule has 0 bridgehead atoms. The molecule has 0 saturated carbocycles. The van der Waals surface area contributed by atoms with Crippen molar-refractivity contribution >= 4 is 0 Å². The molecule has 1 aromatic rings. The van der Waals surface area contributed by atoms with Crippen LogP contribution < -0.4 is 0 Å². The number of rotatable bonds is 1.